The Kier molecular flexibility index (Phi) is 10.6. The smallest absolute Gasteiger partial charge is 0.272 e. The van der Waals surface area contributed by atoms with E-state index in [0.29, 0.717) is 39.9 Å². The summed E-state index contributed by atoms with van der Waals surface area (Å²) in [5, 5.41) is 8.99. The maximum absolute atomic E-state index is 13.3. The molecule has 3 amide bonds. The number of carbonyl (C=O) groups excluding carboxylic acids is 3. The molecule has 0 fully saturated rings. The number of hydrogen-bond donors (Lipinski definition) is 3. The molecule has 3 N–H and O–H groups in total. The van der Waals surface area contributed by atoms with Gasteiger partial charge in [-0.05, 0) is 73.2 Å². The Labute approximate surface area is 248 Å². The summed E-state index contributed by atoms with van der Waals surface area (Å²) in [5.74, 6) is -0.334. The molecule has 7 nitrogen and oxygen atoms in total. The zero-order valence-corrected chi connectivity index (χ0v) is 23.8. The summed E-state index contributed by atoms with van der Waals surface area (Å²) in [6.45, 7) is 2.38. The Balaban J connectivity index is 1.44. The Morgan fingerprint density at radius 1 is 0.854 bits per heavy atom. The van der Waals surface area contributed by atoms with E-state index in [2.05, 4.69) is 16.0 Å². The van der Waals surface area contributed by atoms with E-state index in [1.807, 2.05) is 31.2 Å². The quantitative estimate of drug-likeness (QED) is 0.132. The van der Waals surface area contributed by atoms with Crippen LogP contribution in [0.25, 0.3) is 6.08 Å². The molecular formula is C32H28ClN3O4S. The second kappa shape index (κ2) is 14.7. The third kappa shape index (κ3) is 8.99. The van der Waals surface area contributed by atoms with Crippen LogP contribution in [0.5, 0.6) is 5.75 Å². The minimum Gasteiger partial charge on any atom is -0.492 e. The molecule has 0 spiro atoms. The maximum Gasteiger partial charge on any atom is 0.272 e. The molecule has 0 atom stereocenters. The molecule has 208 valence electrons. The molecular weight excluding hydrogens is 558 g/mol. The van der Waals surface area contributed by atoms with Crippen molar-refractivity contribution in [2.24, 2.45) is 0 Å². The van der Waals surface area contributed by atoms with Crippen molar-refractivity contribution in [1.82, 2.24) is 5.32 Å². The summed E-state index contributed by atoms with van der Waals surface area (Å²) in [4.78, 5) is 39.5. The van der Waals surface area contributed by atoms with Gasteiger partial charge >= 0.3 is 0 Å². The van der Waals surface area contributed by atoms with E-state index in [0.717, 1.165) is 4.90 Å². The van der Waals surface area contributed by atoms with E-state index in [4.69, 9.17) is 16.3 Å². The highest BCUT2D eigenvalue weighted by molar-refractivity contribution is 8.00. The fourth-order valence-corrected chi connectivity index (χ4v) is 4.60. The first-order valence-corrected chi connectivity index (χ1v) is 14.2. The summed E-state index contributed by atoms with van der Waals surface area (Å²) in [7, 11) is 0. The Morgan fingerprint density at radius 2 is 1.59 bits per heavy atom. The van der Waals surface area contributed by atoms with Gasteiger partial charge in [-0.15, -0.1) is 11.8 Å². The molecule has 0 saturated carbocycles. The van der Waals surface area contributed by atoms with Gasteiger partial charge in [0, 0.05) is 21.2 Å². The highest BCUT2D eigenvalue weighted by atomic mass is 35.5. The molecule has 41 heavy (non-hydrogen) atoms. The first-order chi connectivity index (χ1) is 19.9. The van der Waals surface area contributed by atoms with Crippen LogP contribution in [0.15, 0.2) is 114 Å². The number of nitrogens with one attached hydrogen (secondary N) is 3. The molecule has 9 heteroatoms. The van der Waals surface area contributed by atoms with Gasteiger partial charge < -0.3 is 20.7 Å². The van der Waals surface area contributed by atoms with Gasteiger partial charge in [0.25, 0.3) is 11.8 Å². The van der Waals surface area contributed by atoms with E-state index < -0.39 is 11.8 Å². The van der Waals surface area contributed by atoms with Gasteiger partial charge in [0.15, 0.2) is 0 Å². The van der Waals surface area contributed by atoms with Gasteiger partial charge in [-0.2, -0.15) is 0 Å². The minimum absolute atomic E-state index is 0.0616. The number of para-hydroxylation sites is 2. The Morgan fingerprint density at radius 3 is 2.34 bits per heavy atom. The van der Waals surface area contributed by atoms with Crippen molar-refractivity contribution < 1.29 is 19.1 Å². The largest absolute Gasteiger partial charge is 0.492 e. The molecule has 0 heterocycles. The summed E-state index contributed by atoms with van der Waals surface area (Å²) in [6.07, 6.45) is 1.58. The third-order valence-corrected chi connectivity index (χ3v) is 6.88. The predicted molar refractivity (Wildman–Crippen MR) is 165 cm³/mol. The van der Waals surface area contributed by atoms with E-state index in [-0.39, 0.29) is 17.4 Å². The molecule has 0 saturated heterocycles. The molecule has 0 bridgehead atoms. The standard InChI is InChI=1S/C32H28ClN3O4S/c1-2-40-29-14-7-6-13-27(29)35-30(37)21-41-26-12-8-11-25(20-26)34-32(39)28(19-22-15-17-24(33)18-16-22)36-31(38)23-9-4-3-5-10-23/h3-20H,2,21H2,1H3,(H,34,39)(H,35,37)(H,36,38)/b28-19+. The molecule has 0 aliphatic carbocycles. The fraction of sp³-hybridized carbons (Fsp3) is 0.0938. The topological polar surface area (TPSA) is 96.5 Å². The van der Waals surface area contributed by atoms with Crippen LogP contribution in [0.1, 0.15) is 22.8 Å². The van der Waals surface area contributed by atoms with Gasteiger partial charge in [0.2, 0.25) is 5.91 Å². The molecule has 0 aliphatic heterocycles. The SMILES string of the molecule is CCOc1ccccc1NC(=O)CSc1cccc(NC(=O)/C(=C\c2ccc(Cl)cc2)NC(=O)c2ccccc2)c1. The lowest BCUT2D eigenvalue weighted by molar-refractivity contribution is -0.114. The first kappa shape index (κ1) is 29.5. The Hall–Kier alpha value is -4.53. The van der Waals surface area contributed by atoms with Crippen molar-refractivity contribution in [3.8, 4) is 5.75 Å². The molecule has 4 aromatic rings. The number of rotatable bonds is 11. The zero-order valence-electron chi connectivity index (χ0n) is 22.2. The van der Waals surface area contributed by atoms with E-state index >= 15 is 0 Å². The number of ether oxygens (including phenoxy) is 1. The zero-order chi connectivity index (χ0) is 29.0. The van der Waals surface area contributed by atoms with E-state index in [9.17, 15) is 14.4 Å². The fourth-order valence-electron chi connectivity index (χ4n) is 3.72. The first-order valence-electron chi connectivity index (χ1n) is 12.8. The number of thioether (sulfide) groups is 1. The Bertz CT molecular complexity index is 1540. The number of hydrogen-bond acceptors (Lipinski definition) is 5. The van der Waals surface area contributed by atoms with E-state index in [1.165, 1.54) is 11.8 Å². The van der Waals surface area contributed by atoms with Crippen LogP contribution in [-0.4, -0.2) is 30.1 Å². The second-order valence-electron chi connectivity index (χ2n) is 8.68. The van der Waals surface area contributed by atoms with Crippen molar-refractivity contribution in [2.75, 3.05) is 23.0 Å². The molecule has 0 unspecified atom stereocenters. The monoisotopic (exact) mass is 585 g/mol. The molecule has 0 radical (unpaired) electrons. The lowest BCUT2D eigenvalue weighted by Gasteiger charge is -2.13. The van der Waals surface area contributed by atoms with Crippen LogP contribution < -0.4 is 20.7 Å². The van der Waals surface area contributed by atoms with Gasteiger partial charge in [0.05, 0.1) is 18.0 Å². The summed E-state index contributed by atoms with van der Waals surface area (Å²) < 4.78 is 5.57. The normalized spacial score (nSPS) is 10.9. The van der Waals surface area contributed by atoms with Crippen molar-refractivity contribution in [3.63, 3.8) is 0 Å². The summed E-state index contributed by atoms with van der Waals surface area (Å²) in [6, 6.07) is 29.9. The van der Waals surface area contributed by atoms with Gasteiger partial charge in [-0.1, -0.05) is 60.1 Å². The lowest BCUT2D eigenvalue weighted by atomic mass is 10.1. The predicted octanol–water partition coefficient (Wildman–Crippen LogP) is 6.88. The van der Waals surface area contributed by atoms with Crippen LogP contribution in [-0.2, 0) is 9.59 Å². The average molecular weight is 586 g/mol. The number of carbonyl (C=O) groups is 3. The van der Waals surface area contributed by atoms with E-state index in [1.54, 1.807) is 84.9 Å². The van der Waals surface area contributed by atoms with Gasteiger partial charge in [-0.3, -0.25) is 14.4 Å². The number of benzene rings is 4. The van der Waals surface area contributed by atoms with Gasteiger partial charge in [-0.25, -0.2) is 0 Å². The highest BCUT2D eigenvalue weighted by Gasteiger charge is 2.16. The van der Waals surface area contributed by atoms with Crippen LogP contribution in [0, 0.1) is 0 Å². The molecule has 4 aromatic carbocycles. The number of halogens is 1. The maximum atomic E-state index is 13.3. The molecule has 0 aromatic heterocycles. The van der Waals surface area contributed by atoms with Gasteiger partial charge in [0.1, 0.15) is 11.4 Å². The third-order valence-electron chi connectivity index (χ3n) is 5.63. The summed E-state index contributed by atoms with van der Waals surface area (Å²) in [5.41, 5.74) is 2.29. The van der Waals surface area contributed by atoms with Crippen LogP contribution in [0.2, 0.25) is 5.02 Å². The van der Waals surface area contributed by atoms with Crippen molar-refractivity contribution in [1.29, 1.82) is 0 Å². The van der Waals surface area contributed by atoms with Crippen molar-refractivity contribution in [2.45, 2.75) is 11.8 Å². The number of anilines is 2. The van der Waals surface area contributed by atoms with Crippen molar-refractivity contribution in [3.05, 3.63) is 125 Å². The van der Waals surface area contributed by atoms with Crippen molar-refractivity contribution >= 4 is 58.5 Å². The van der Waals surface area contributed by atoms with Crippen LogP contribution >= 0.6 is 23.4 Å². The number of amides is 3. The minimum atomic E-state index is -0.503. The van der Waals surface area contributed by atoms with Crippen LogP contribution in [0.3, 0.4) is 0 Å². The van der Waals surface area contributed by atoms with Crippen LogP contribution in [0.4, 0.5) is 11.4 Å². The molecule has 0 aliphatic rings. The molecule has 4 rings (SSSR count). The average Bonchev–Trinajstić information content (AvgIpc) is 2.98. The second-order valence-corrected chi connectivity index (χ2v) is 10.2. The highest BCUT2D eigenvalue weighted by Crippen LogP contribution is 2.26. The summed E-state index contributed by atoms with van der Waals surface area (Å²) >= 11 is 7.33. The lowest BCUT2D eigenvalue weighted by Crippen LogP contribution is -2.30.